The molecule has 4 rings (SSSR count). The molecule has 150 valence electrons. The van der Waals surface area contributed by atoms with Crippen LogP contribution < -0.4 is 0 Å². The van der Waals surface area contributed by atoms with E-state index in [0.717, 1.165) is 55.1 Å². The molecule has 1 aliphatic carbocycles. The van der Waals surface area contributed by atoms with Gasteiger partial charge in [-0.25, -0.2) is 8.42 Å². The van der Waals surface area contributed by atoms with Crippen LogP contribution in [0.25, 0.3) is 0 Å². The van der Waals surface area contributed by atoms with E-state index in [-0.39, 0.29) is 0 Å². The van der Waals surface area contributed by atoms with Gasteiger partial charge in [-0.2, -0.15) is 16.1 Å². The summed E-state index contributed by atoms with van der Waals surface area (Å²) in [4.78, 5) is 2.83. The molecule has 2 aliphatic rings. The monoisotopic (exact) mass is 416 g/mol. The van der Waals surface area contributed by atoms with Gasteiger partial charge in [-0.1, -0.05) is 42.5 Å². The zero-order valence-electron chi connectivity index (χ0n) is 16.2. The lowest BCUT2D eigenvalue weighted by atomic mass is 10.2. The predicted molar refractivity (Wildman–Crippen MR) is 116 cm³/mol. The van der Waals surface area contributed by atoms with E-state index in [1.807, 2.05) is 60.3 Å². The Morgan fingerprint density at radius 1 is 0.964 bits per heavy atom. The van der Waals surface area contributed by atoms with Crippen LogP contribution in [-0.4, -0.2) is 48.8 Å². The van der Waals surface area contributed by atoms with Crippen LogP contribution in [0.3, 0.4) is 0 Å². The van der Waals surface area contributed by atoms with Crippen molar-refractivity contribution in [2.24, 2.45) is 5.92 Å². The molecule has 1 aliphatic heterocycles. The van der Waals surface area contributed by atoms with Gasteiger partial charge in [0.2, 0.25) is 10.0 Å². The smallest absolute Gasteiger partial charge is 0.243 e. The molecule has 1 heterocycles. The first kappa shape index (κ1) is 20.0. The van der Waals surface area contributed by atoms with Crippen molar-refractivity contribution >= 4 is 21.8 Å². The van der Waals surface area contributed by atoms with Crippen LogP contribution in [-0.2, 0) is 23.1 Å². The molecule has 2 aromatic carbocycles. The summed E-state index contributed by atoms with van der Waals surface area (Å²) in [6, 6.07) is 17.5. The van der Waals surface area contributed by atoms with Crippen LogP contribution in [0.15, 0.2) is 59.5 Å². The van der Waals surface area contributed by atoms with E-state index < -0.39 is 10.0 Å². The fraction of sp³-hybridized carbons (Fsp3) is 0.455. The quantitative estimate of drug-likeness (QED) is 0.656. The maximum atomic E-state index is 13.5. The molecule has 0 bridgehead atoms. The fourth-order valence-electron chi connectivity index (χ4n) is 3.59. The molecule has 0 amide bonds. The fourth-order valence-corrected chi connectivity index (χ4v) is 6.15. The first-order valence-corrected chi connectivity index (χ1v) is 12.6. The number of benzene rings is 2. The number of sulfonamides is 1. The third-order valence-corrected chi connectivity index (χ3v) is 8.16. The van der Waals surface area contributed by atoms with Crippen LogP contribution in [0.5, 0.6) is 0 Å². The molecule has 2 aromatic rings. The maximum absolute atomic E-state index is 13.5. The highest BCUT2D eigenvalue weighted by atomic mass is 32.2. The highest BCUT2D eigenvalue weighted by Crippen LogP contribution is 2.32. The van der Waals surface area contributed by atoms with Crippen molar-refractivity contribution in [2.75, 3.05) is 31.1 Å². The van der Waals surface area contributed by atoms with Gasteiger partial charge in [-0.05, 0) is 42.0 Å². The Morgan fingerprint density at radius 3 is 2.39 bits per heavy atom. The summed E-state index contributed by atoms with van der Waals surface area (Å²) in [6.45, 7) is 4.02. The number of rotatable bonds is 8. The summed E-state index contributed by atoms with van der Waals surface area (Å²) in [5.41, 5.74) is 2.12. The van der Waals surface area contributed by atoms with Gasteiger partial charge in [-0.15, -0.1) is 0 Å². The summed E-state index contributed by atoms with van der Waals surface area (Å²) in [6.07, 6.45) is 2.27. The van der Waals surface area contributed by atoms with Crippen molar-refractivity contribution in [3.63, 3.8) is 0 Å². The molecular weight excluding hydrogens is 388 g/mol. The molecule has 0 N–H and O–H groups in total. The van der Waals surface area contributed by atoms with Crippen molar-refractivity contribution in [1.82, 2.24) is 9.21 Å². The lowest BCUT2D eigenvalue weighted by Crippen LogP contribution is -2.33. The van der Waals surface area contributed by atoms with E-state index in [1.54, 1.807) is 10.4 Å². The van der Waals surface area contributed by atoms with E-state index in [1.165, 1.54) is 0 Å². The SMILES string of the molecule is O=S(=O)(c1cccc(CN2CCSCC2)c1)N(Cc1ccccc1)CC1CC1. The second kappa shape index (κ2) is 8.99. The zero-order valence-corrected chi connectivity index (χ0v) is 17.8. The van der Waals surface area contributed by atoms with Crippen LogP contribution in [0.1, 0.15) is 24.0 Å². The number of hydrogen-bond donors (Lipinski definition) is 0. The highest BCUT2D eigenvalue weighted by molar-refractivity contribution is 7.99. The average molecular weight is 417 g/mol. The molecule has 0 unspecified atom stereocenters. The third-order valence-electron chi connectivity index (χ3n) is 5.41. The van der Waals surface area contributed by atoms with Gasteiger partial charge in [0, 0.05) is 44.2 Å². The first-order valence-electron chi connectivity index (χ1n) is 10.0. The Hall–Kier alpha value is -1.34. The van der Waals surface area contributed by atoms with Gasteiger partial charge < -0.3 is 0 Å². The zero-order chi connectivity index (χ0) is 19.4. The van der Waals surface area contributed by atoms with Gasteiger partial charge in [0.05, 0.1) is 4.90 Å². The van der Waals surface area contributed by atoms with Crippen LogP contribution in [0, 0.1) is 5.92 Å². The second-order valence-corrected chi connectivity index (χ2v) is 10.9. The molecule has 0 atom stereocenters. The second-order valence-electron chi connectivity index (χ2n) is 7.76. The Labute approximate surface area is 173 Å². The molecule has 0 radical (unpaired) electrons. The molecule has 1 saturated carbocycles. The van der Waals surface area contributed by atoms with Gasteiger partial charge in [0.25, 0.3) is 0 Å². The van der Waals surface area contributed by atoms with Crippen molar-refractivity contribution in [1.29, 1.82) is 0 Å². The summed E-state index contributed by atoms with van der Waals surface area (Å²) >= 11 is 1.99. The van der Waals surface area contributed by atoms with Gasteiger partial charge in [0.1, 0.15) is 0 Å². The van der Waals surface area contributed by atoms with Crippen molar-refractivity contribution in [3.05, 3.63) is 65.7 Å². The predicted octanol–water partition coefficient (Wildman–Crippen LogP) is 3.84. The van der Waals surface area contributed by atoms with Crippen molar-refractivity contribution < 1.29 is 8.42 Å². The Balaban J connectivity index is 1.54. The summed E-state index contributed by atoms with van der Waals surface area (Å²) in [7, 11) is -3.51. The standard InChI is InChI=1S/C22H28N2O2S2/c25-28(26,24(18-20-9-10-20)17-19-5-2-1-3-6-19)22-8-4-7-21(15-22)16-23-11-13-27-14-12-23/h1-8,15,20H,9-14,16-18H2. The molecule has 0 aromatic heterocycles. The third kappa shape index (κ3) is 5.17. The first-order chi connectivity index (χ1) is 13.6. The highest BCUT2D eigenvalue weighted by Gasteiger charge is 2.32. The van der Waals surface area contributed by atoms with E-state index in [0.29, 0.717) is 23.9 Å². The maximum Gasteiger partial charge on any atom is 0.243 e. The summed E-state index contributed by atoms with van der Waals surface area (Å²) in [5.74, 6) is 2.82. The molecular formula is C22H28N2O2S2. The topological polar surface area (TPSA) is 40.6 Å². The molecule has 1 saturated heterocycles. The van der Waals surface area contributed by atoms with Crippen LogP contribution in [0.2, 0.25) is 0 Å². The van der Waals surface area contributed by atoms with Crippen LogP contribution in [0.4, 0.5) is 0 Å². The average Bonchev–Trinajstić information content (AvgIpc) is 3.53. The van der Waals surface area contributed by atoms with E-state index in [2.05, 4.69) is 4.90 Å². The van der Waals surface area contributed by atoms with Gasteiger partial charge in [0.15, 0.2) is 0 Å². The minimum atomic E-state index is -3.51. The summed E-state index contributed by atoms with van der Waals surface area (Å²) in [5, 5.41) is 0. The van der Waals surface area contributed by atoms with E-state index >= 15 is 0 Å². The van der Waals surface area contributed by atoms with Gasteiger partial charge in [-0.3, -0.25) is 4.90 Å². The van der Waals surface area contributed by atoms with Crippen molar-refractivity contribution in [3.8, 4) is 0 Å². The Bertz CT molecular complexity index is 876. The number of nitrogens with zero attached hydrogens (tertiary/aromatic N) is 2. The molecule has 6 heteroatoms. The lowest BCUT2D eigenvalue weighted by Gasteiger charge is -2.26. The largest absolute Gasteiger partial charge is 0.297 e. The van der Waals surface area contributed by atoms with Crippen molar-refractivity contribution in [2.45, 2.75) is 30.8 Å². The lowest BCUT2D eigenvalue weighted by molar-refractivity contribution is 0.294. The number of hydrogen-bond acceptors (Lipinski definition) is 4. The van der Waals surface area contributed by atoms with E-state index in [4.69, 9.17) is 0 Å². The Morgan fingerprint density at radius 2 is 1.68 bits per heavy atom. The van der Waals surface area contributed by atoms with Crippen LogP contribution >= 0.6 is 11.8 Å². The summed E-state index contributed by atoms with van der Waals surface area (Å²) < 4.78 is 28.6. The molecule has 2 fully saturated rings. The van der Waals surface area contributed by atoms with E-state index in [9.17, 15) is 8.42 Å². The normalized spacial score (nSPS) is 18.5. The van der Waals surface area contributed by atoms with Gasteiger partial charge >= 0.3 is 0 Å². The molecule has 0 spiro atoms. The molecule has 4 nitrogen and oxygen atoms in total. The minimum Gasteiger partial charge on any atom is -0.297 e. The number of thioether (sulfide) groups is 1. The Kier molecular flexibility index (Phi) is 6.41. The molecule has 28 heavy (non-hydrogen) atoms. The minimum absolute atomic E-state index is 0.424.